The average molecular weight is 331 g/mol. The molecule has 6 nitrogen and oxygen atoms in total. The molecule has 23 heavy (non-hydrogen) atoms. The van der Waals surface area contributed by atoms with Gasteiger partial charge < -0.3 is 9.32 Å². The van der Waals surface area contributed by atoms with Gasteiger partial charge in [0.1, 0.15) is 0 Å². The number of oxazole rings is 1. The maximum absolute atomic E-state index is 12.5. The minimum atomic E-state index is -0.0911. The zero-order valence-electron chi connectivity index (χ0n) is 12.6. The Morgan fingerprint density at radius 2 is 2.00 bits per heavy atom. The molecule has 7 heteroatoms. The Balaban J connectivity index is 1.75. The first-order valence-electron chi connectivity index (χ1n) is 7.55. The lowest BCUT2D eigenvalue weighted by atomic mass is 10.2. The molecule has 1 aliphatic rings. The Morgan fingerprint density at radius 1 is 1.26 bits per heavy atom. The number of benzene rings is 1. The number of hydrogen-bond acceptors (Lipinski definition) is 4. The van der Waals surface area contributed by atoms with Crippen LogP contribution < -0.4 is 0 Å². The van der Waals surface area contributed by atoms with Crippen LogP contribution in [0, 0.1) is 6.92 Å². The van der Waals surface area contributed by atoms with Crippen molar-refractivity contribution >= 4 is 23.4 Å². The number of aryl methyl sites for hydroxylation is 1. The maximum atomic E-state index is 12.5. The van der Waals surface area contributed by atoms with Crippen molar-refractivity contribution in [2.45, 2.75) is 19.8 Å². The predicted octanol–water partition coefficient (Wildman–Crippen LogP) is 3.19. The Bertz CT molecular complexity index is 893. The summed E-state index contributed by atoms with van der Waals surface area (Å²) >= 11 is 6.18. The molecule has 1 amide bonds. The third kappa shape index (κ3) is 2.30. The Labute approximate surface area is 137 Å². The molecule has 1 aliphatic heterocycles. The maximum Gasteiger partial charge on any atom is 0.325 e. The molecular formula is C16H15ClN4O2. The lowest BCUT2D eigenvalue weighted by molar-refractivity contribution is 0.0762. The standard InChI is InChI=1S/C16H15ClN4O2/c1-10-13(15(22)20-8-4-5-9-20)23-16-18-14(19-21(10)16)11-6-2-3-7-12(11)17/h2-3,6-7H,4-5,8-9H2,1H3. The second-order valence-electron chi connectivity index (χ2n) is 5.63. The summed E-state index contributed by atoms with van der Waals surface area (Å²) in [5.74, 6) is 1.01. The number of carbonyl (C=O) groups excluding carboxylic acids is 1. The first kappa shape index (κ1) is 14.3. The summed E-state index contributed by atoms with van der Waals surface area (Å²) in [5, 5.41) is 5.01. The van der Waals surface area contributed by atoms with Gasteiger partial charge in [-0.15, -0.1) is 5.10 Å². The normalized spacial score (nSPS) is 14.8. The fourth-order valence-corrected chi connectivity index (χ4v) is 3.08. The monoisotopic (exact) mass is 330 g/mol. The van der Waals surface area contributed by atoms with Crippen molar-refractivity contribution in [1.29, 1.82) is 0 Å². The number of rotatable bonds is 2. The van der Waals surface area contributed by atoms with E-state index >= 15 is 0 Å². The van der Waals surface area contributed by atoms with E-state index in [1.807, 2.05) is 25.1 Å². The van der Waals surface area contributed by atoms with Crippen LogP contribution in [0.2, 0.25) is 5.02 Å². The van der Waals surface area contributed by atoms with Gasteiger partial charge in [0.25, 0.3) is 5.91 Å². The van der Waals surface area contributed by atoms with Crippen LogP contribution in [0.1, 0.15) is 29.1 Å². The van der Waals surface area contributed by atoms with Crippen LogP contribution in [0.3, 0.4) is 0 Å². The van der Waals surface area contributed by atoms with Crippen LogP contribution in [0.25, 0.3) is 17.2 Å². The zero-order valence-corrected chi connectivity index (χ0v) is 13.4. The number of hydrogen-bond donors (Lipinski definition) is 0. The average Bonchev–Trinajstić information content (AvgIpc) is 3.25. The topological polar surface area (TPSA) is 63.6 Å². The first-order valence-corrected chi connectivity index (χ1v) is 7.93. The summed E-state index contributed by atoms with van der Waals surface area (Å²) < 4.78 is 7.23. The van der Waals surface area contributed by atoms with Crippen LogP contribution in [-0.2, 0) is 0 Å². The predicted molar refractivity (Wildman–Crippen MR) is 85.6 cm³/mol. The molecule has 0 aliphatic carbocycles. The molecular weight excluding hydrogens is 316 g/mol. The van der Waals surface area contributed by atoms with Crippen molar-refractivity contribution < 1.29 is 9.21 Å². The minimum absolute atomic E-state index is 0.0911. The number of fused-ring (bicyclic) bond motifs is 1. The van der Waals surface area contributed by atoms with Gasteiger partial charge >= 0.3 is 5.84 Å². The van der Waals surface area contributed by atoms with Gasteiger partial charge in [-0.25, -0.2) is 0 Å². The summed E-state index contributed by atoms with van der Waals surface area (Å²) in [7, 11) is 0. The summed E-state index contributed by atoms with van der Waals surface area (Å²) in [4.78, 5) is 18.7. The molecule has 0 unspecified atom stereocenters. The highest BCUT2D eigenvalue weighted by Gasteiger charge is 2.27. The van der Waals surface area contributed by atoms with Crippen molar-refractivity contribution in [3.8, 4) is 11.4 Å². The number of nitrogens with zero attached hydrogens (tertiary/aromatic N) is 4. The Morgan fingerprint density at radius 3 is 2.70 bits per heavy atom. The largest absolute Gasteiger partial charge is 0.416 e. The number of halogens is 1. The highest BCUT2D eigenvalue weighted by Crippen LogP contribution is 2.27. The summed E-state index contributed by atoms with van der Waals surface area (Å²) in [6, 6.07) is 7.36. The number of amides is 1. The fourth-order valence-electron chi connectivity index (χ4n) is 2.86. The SMILES string of the molecule is Cc1c(C(=O)N2CCCC2)oc2nc(-c3ccccc3Cl)nn12. The number of carbonyl (C=O) groups is 1. The summed E-state index contributed by atoms with van der Waals surface area (Å²) in [5.41, 5.74) is 1.39. The molecule has 4 rings (SSSR count). The van der Waals surface area contributed by atoms with E-state index in [2.05, 4.69) is 10.1 Å². The highest BCUT2D eigenvalue weighted by atomic mass is 35.5. The van der Waals surface area contributed by atoms with Crippen molar-refractivity contribution in [1.82, 2.24) is 19.5 Å². The second kappa shape index (κ2) is 5.38. The van der Waals surface area contributed by atoms with Crippen LogP contribution in [-0.4, -0.2) is 38.5 Å². The van der Waals surface area contributed by atoms with E-state index in [0.29, 0.717) is 28.1 Å². The molecule has 0 bridgehead atoms. The van der Waals surface area contributed by atoms with Crippen molar-refractivity contribution in [2.24, 2.45) is 0 Å². The van der Waals surface area contributed by atoms with E-state index in [4.69, 9.17) is 16.0 Å². The summed E-state index contributed by atoms with van der Waals surface area (Å²) in [6.45, 7) is 3.37. The zero-order chi connectivity index (χ0) is 16.0. The smallest absolute Gasteiger partial charge is 0.325 e. The molecule has 118 valence electrons. The Kier molecular flexibility index (Phi) is 3.34. The van der Waals surface area contributed by atoms with Crippen LogP contribution >= 0.6 is 11.6 Å². The highest BCUT2D eigenvalue weighted by molar-refractivity contribution is 6.33. The van der Waals surface area contributed by atoms with Gasteiger partial charge in [-0.2, -0.15) is 9.50 Å². The van der Waals surface area contributed by atoms with Crippen molar-refractivity contribution in [3.63, 3.8) is 0 Å². The van der Waals surface area contributed by atoms with Crippen LogP contribution in [0.4, 0.5) is 0 Å². The second-order valence-corrected chi connectivity index (χ2v) is 6.03. The molecule has 0 radical (unpaired) electrons. The fraction of sp³-hybridized carbons (Fsp3) is 0.312. The lowest BCUT2D eigenvalue weighted by Crippen LogP contribution is -2.27. The summed E-state index contributed by atoms with van der Waals surface area (Å²) in [6.07, 6.45) is 2.08. The number of likely N-dealkylation sites (tertiary alicyclic amines) is 1. The lowest BCUT2D eigenvalue weighted by Gasteiger charge is -2.12. The van der Waals surface area contributed by atoms with E-state index in [9.17, 15) is 4.79 Å². The van der Waals surface area contributed by atoms with E-state index in [0.717, 1.165) is 31.5 Å². The molecule has 0 saturated carbocycles. The molecule has 1 saturated heterocycles. The molecule has 0 atom stereocenters. The molecule has 3 aromatic rings. The van der Waals surface area contributed by atoms with E-state index < -0.39 is 0 Å². The molecule has 1 aromatic carbocycles. The van der Waals surface area contributed by atoms with Gasteiger partial charge in [0, 0.05) is 18.7 Å². The minimum Gasteiger partial charge on any atom is -0.416 e. The first-order chi connectivity index (χ1) is 11.1. The van der Waals surface area contributed by atoms with E-state index in [1.54, 1.807) is 15.5 Å². The van der Waals surface area contributed by atoms with E-state index in [1.165, 1.54) is 0 Å². The molecule has 0 N–H and O–H groups in total. The van der Waals surface area contributed by atoms with Gasteiger partial charge in [-0.1, -0.05) is 23.7 Å². The van der Waals surface area contributed by atoms with Gasteiger partial charge in [-0.3, -0.25) is 4.79 Å². The molecule has 2 aromatic heterocycles. The van der Waals surface area contributed by atoms with Crippen LogP contribution in [0.15, 0.2) is 28.7 Å². The van der Waals surface area contributed by atoms with Gasteiger partial charge in [0.05, 0.1) is 10.7 Å². The van der Waals surface area contributed by atoms with Gasteiger partial charge in [0.2, 0.25) is 5.76 Å². The third-order valence-electron chi connectivity index (χ3n) is 4.12. The van der Waals surface area contributed by atoms with Crippen molar-refractivity contribution in [2.75, 3.05) is 13.1 Å². The molecule has 0 spiro atoms. The van der Waals surface area contributed by atoms with Crippen LogP contribution in [0.5, 0.6) is 0 Å². The third-order valence-corrected chi connectivity index (χ3v) is 4.45. The van der Waals surface area contributed by atoms with E-state index in [-0.39, 0.29) is 5.91 Å². The van der Waals surface area contributed by atoms with Crippen molar-refractivity contribution in [3.05, 3.63) is 40.7 Å². The van der Waals surface area contributed by atoms with Gasteiger partial charge in [0.15, 0.2) is 5.82 Å². The van der Waals surface area contributed by atoms with Gasteiger partial charge in [-0.05, 0) is 31.9 Å². The number of aromatic nitrogens is 3. The molecule has 3 heterocycles. The quantitative estimate of drug-likeness (QED) is 0.724. The Hall–Kier alpha value is -2.34. The molecule has 1 fully saturated rings.